The highest BCUT2D eigenvalue weighted by Gasteiger charge is 2.41. The van der Waals surface area contributed by atoms with Crippen molar-refractivity contribution in [2.75, 3.05) is 6.54 Å². The number of rotatable bonds is 14. The number of carbonyl (C=O) groups is 1. The van der Waals surface area contributed by atoms with Gasteiger partial charge in [-0.3, -0.25) is 4.79 Å². The predicted octanol–water partition coefficient (Wildman–Crippen LogP) is 6.18. The van der Waals surface area contributed by atoms with Gasteiger partial charge in [0.1, 0.15) is 0 Å². The van der Waals surface area contributed by atoms with E-state index in [4.69, 9.17) is 4.43 Å². The van der Waals surface area contributed by atoms with Gasteiger partial charge in [-0.25, -0.2) is 0 Å². The van der Waals surface area contributed by atoms with Crippen molar-refractivity contribution in [1.29, 1.82) is 0 Å². The summed E-state index contributed by atoms with van der Waals surface area (Å²) in [5.41, 5.74) is 1.30. The fraction of sp³-hybridized carbons (Fsp3) is 0.645. The van der Waals surface area contributed by atoms with Gasteiger partial charge in [0.2, 0.25) is 5.91 Å². The largest absolute Gasteiger partial charge is 0.411 e. The lowest BCUT2D eigenvalue weighted by atomic mass is 9.89. The molecule has 0 bridgehead atoms. The van der Waals surface area contributed by atoms with Gasteiger partial charge in [-0.05, 0) is 68.6 Å². The fourth-order valence-corrected chi connectivity index (χ4v) is 6.01. The second-order valence-corrected chi connectivity index (χ2v) is 16.7. The molecule has 0 aliphatic heterocycles. The Hall–Kier alpha value is -1.73. The van der Waals surface area contributed by atoms with Crippen molar-refractivity contribution >= 4 is 14.2 Å². The summed E-state index contributed by atoms with van der Waals surface area (Å²) < 4.78 is 6.80. The number of aryl methyl sites for hydroxylation is 1. The van der Waals surface area contributed by atoms with Gasteiger partial charge in [0, 0.05) is 25.3 Å². The summed E-state index contributed by atoms with van der Waals surface area (Å²) in [6.07, 6.45) is 12.5. The number of carbonyl (C=O) groups excluding carboxylic acids is 1. The fourth-order valence-electron chi connectivity index (χ4n) is 4.70. The minimum atomic E-state index is -1.98. The molecular formula is C31H51NO4Si. The van der Waals surface area contributed by atoms with E-state index in [9.17, 15) is 15.0 Å². The Bertz CT molecular complexity index is 862. The zero-order chi connectivity index (χ0) is 27.5. The number of amides is 1. The lowest BCUT2D eigenvalue weighted by Gasteiger charge is -2.39. The molecule has 2 rings (SSSR count). The van der Waals surface area contributed by atoms with Crippen LogP contribution in [0.5, 0.6) is 0 Å². The highest BCUT2D eigenvalue weighted by Crippen LogP contribution is 2.39. The molecule has 0 spiro atoms. The maximum absolute atomic E-state index is 11.6. The van der Waals surface area contributed by atoms with Gasteiger partial charge in [-0.2, -0.15) is 0 Å². The first-order valence-corrected chi connectivity index (χ1v) is 17.0. The molecule has 1 aliphatic carbocycles. The molecule has 1 saturated carbocycles. The third-order valence-electron chi connectivity index (χ3n) is 8.00. The van der Waals surface area contributed by atoms with Crippen molar-refractivity contribution in [1.82, 2.24) is 5.32 Å². The molecule has 5 atom stereocenters. The smallest absolute Gasteiger partial charge is 0.219 e. The van der Waals surface area contributed by atoms with Crippen LogP contribution in [0.25, 0.3) is 0 Å². The van der Waals surface area contributed by atoms with Crippen LogP contribution in [-0.2, 0) is 15.6 Å². The molecule has 0 radical (unpaired) electrons. The monoisotopic (exact) mass is 529 g/mol. The summed E-state index contributed by atoms with van der Waals surface area (Å²) in [7, 11) is -1.98. The van der Waals surface area contributed by atoms with E-state index in [1.165, 1.54) is 5.56 Å². The third-order valence-corrected chi connectivity index (χ3v) is 12.5. The molecule has 3 N–H and O–H groups in total. The van der Waals surface area contributed by atoms with E-state index in [0.717, 1.165) is 25.7 Å². The predicted molar refractivity (Wildman–Crippen MR) is 156 cm³/mol. The Labute approximate surface area is 226 Å². The molecule has 1 aromatic carbocycles. The molecule has 1 aliphatic rings. The molecule has 1 amide bonds. The number of aliphatic hydroxyl groups is 2. The summed E-state index contributed by atoms with van der Waals surface area (Å²) in [5.74, 6) is -0.0251. The average Bonchev–Trinajstić information content (AvgIpc) is 3.09. The Balaban J connectivity index is 2.05. The SMILES string of the molecule is CCNC(=O)CCCC=CC[C@@H]1[C@@H](C=C[C@H](CCc2ccccc2)O[Si](C)(C)C(C)(C)C)[C@H](O)C[C@@H]1O. The molecule has 5 nitrogen and oxygen atoms in total. The van der Waals surface area contributed by atoms with Crippen molar-refractivity contribution < 1.29 is 19.4 Å². The summed E-state index contributed by atoms with van der Waals surface area (Å²) in [6, 6.07) is 10.5. The quantitative estimate of drug-likeness (QED) is 0.153. The zero-order valence-corrected chi connectivity index (χ0v) is 25.0. The molecule has 0 heterocycles. The topological polar surface area (TPSA) is 78.8 Å². The number of hydrogen-bond acceptors (Lipinski definition) is 4. The van der Waals surface area contributed by atoms with Crippen LogP contribution in [0, 0.1) is 11.8 Å². The number of allylic oxidation sites excluding steroid dienone is 2. The van der Waals surface area contributed by atoms with E-state index >= 15 is 0 Å². The Kier molecular flexibility index (Phi) is 12.8. The second kappa shape index (κ2) is 15.0. The standard InChI is InChI=1S/C31H51NO4Si/c1-7-32-30(35)18-14-9-8-13-17-26-27(29(34)23-28(26)33)22-21-25(36-37(5,6)31(2,3)4)20-19-24-15-11-10-12-16-24/h8,10-13,15-16,21-22,25-29,33-34H,7,9,14,17-20,23H2,1-6H3,(H,32,35)/t25-,26+,27+,28-,29+/m0/s1. The first-order chi connectivity index (χ1) is 17.4. The Morgan fingerprint density at radius 3 is 2.51 bits per heavy atom. The molecule has 1 fully saturated rings. The average molecular weight is 530 g/mol. The minimum absolute atomic E-state index is 0.0199. The number of benzene rings is 1. The molecular weight excluding hydrogens is 478 g/mol. The van der Waals surface area contributed by atoms with Gasteiger partial charge in [-0.15, -0.1) is 0 Å². The zero-order valence-electron chi connectivity index (χ0n) is 24.0. The van der Waals surface area contributed by atoms with Crippen LogP contribution in [0.15, 0.2) is 54.6 Å². The number of hydrogen-bond donors (Lipinski definition) is 3. The maximum atomic E-state index is 11.6. The van der Waals surface area contributed by atoms with E-state index in [0.29, 0.717) is 25.8 Å². The van der Waals surface area contributed by atoms with Crippen LogP contribution >= 0.6 is 0 Å². The van der Waals surface area contributed by atoms with Gasteiger partial charge in [0.15, 0.2) is 8.32 Å². The van der Waals surface area contributed by atoms with Crippen LogP contribution in [0.2, 0.25) is 18.1 Å². The highest BCUT2D eigenvalue weighted by atomic mass is 28.4. The molecule has 1 aromatic rings. The summed E-state index contributed by atoms with van der Waals surface area (Å²) in [4.78, 5) is 11.6. The van der Waals surface area contributed by atoms with Crippen LogP contribution in [0.1, 0.15) is 71.8 Å². The van der Waals surface area contributed by atoms with Crippen LogP contribution < -0.4 is 5.32 Å². The van der Waals surface area contributed by atoms with Gasteiger partial charge in [-0.1, -0.05) is 75.4 Å². The van der Waals surface area contributed by atoms with E-state index in [1.54, 1.807) is 0 Å². The first-order valence-electron chi connectivity index (χ1n) is 14.1. The highest BCUT2D eigenvalue weighted by molar-refractivity contribution is 6.74. The van der Waals surface area contributed by atoms with Crippen molar-refractivity contribution in [2.24, 2.45) is 11.8 Å². The molecule has 0 saturated heterocycles. The lowest BCUT2D eigenvalue weighted by molar-refractivity contribution is -0.121. The molecule has 37 heavy (non-hydrogen) atoms. The first kappa shape index (κ1) is 31.5. The van der Waals surface area contributed by atoms with Crippen LogP contribution in [0.4, 0.5) is 0 Å². The van der Waals surface area contributed by atoms with Gasteiger partial charge in [0.05, 0.1) is 18.3 Å². The van der Waals surface area contributed by atoms with E-state index in [1.807, 2.05) is 13.0 Å². The number of unbranched alkanes of at least 4 members (excludes halogenated alkanes) is 1. The molecule has 208 valence electrons. The Morgan fingerprint density at radius 1 is 1.16 bits per heavy atom. The van der Waals surface area contributed by atoms with E-state index in [-0.39, 0.29) is 28.9 Å². The molecule has 0 unspecified atom stereocenters. The number of aliphatic hydroxyl groups excluding tert-OH is 2. The second-order valence-electron chi connectivity index (χ2n) is 12.0. The van der Waals surface area contributed by atoms with Crippen molar-refractivity contribution in [3.8, 4) is 0 Å². The number of nitrogens with one attached hydrogen (secondary N) is 1. The summed E-state index contributed by atoms with van der Waals surface area (Å²) in [6.45, 7) is 13.9. The van der Waals surface area contributed by atoms with E-state index < -0.39 is 20.5 Å². The maximum Gasteiger partial charge on any atom is 0.219 e. The lowest BCUT2D eigenvalue weighted by Crippen LogP contribution is -2.43. The van der Waals surface area contributed by atoms with Crippen molar-refractivity contribution in [3.05, 3.63) is 60.2 Å². The van der Waals surface area contributed by atoms with E-state index in [2.05, 4.69) is 87.8 Å². The van der Waals surface area contributed by atoms with Gasteiger partial charge < -0.3 is 20.0 Å². The van der Waals surface area contributed by atoms with Gasteiger partial charge in [0.25, 0.3) is 0 Å². The van der Waals surface area contributed by atoms with Crippen LogP contribution in [-0.4, -0.2) is 49.3 Å². The molecule has 0 aromatic heterocycles. The molecule has 6 heteroatoms. The van der Waals surface area contributed by atoms with Gasteiger partial charge >= 0.3 is 0 Å². The normalized spacial score (nSPS) is 23.7. The summed E-state index contributed by atoms with van der Waals surface area (Å²) >= 11 is 0. The van der Waals surface area contributed by atoms with Crippen molar-refractivity contribution in [3.63, 3.8) is 0 Å². The summed E-state index contributed by atoms with van der Waals surface area (Å²) in [5, 5.41) is 24.4. The Morgan fingerprint density at radius 2 is 1.86 bits per heavy atom. The van der Waals surface area contributed by atoms with Crippen LogP contribution in [0.3, 0.4) is 0 Å². The third kappa shape index (κ3) is 10.5. The van der Waals surface area contributed by atoms with Crippen molar-refractivity contribution in [2.45, 2.75) is 109 Å². The minimum Gasteiger partial charge on any atom is -0.411 e.